The average Bonchev–Trinajstić information content (AvgIpc) is 3.45. The lowest BCUT2D eigenvalue weighted by Crippen LogP contribution is -2.61. The van der Waals surface area contributed by atoms with E-state index in [0.29, 0.717) is 18.6 Å². The summed E-state index contributed by atoms with van der Waals surface area (Å²) >= 11 is 0. The van der Waals surface area contributed by atoms with Gasteiger partial charge in [-0.25, -0.2) is 14.0 Å². The predicted molar refractivity (Wildman–Crippen MR) is 212 cm³/mol. The quantitative estimate of drug-likeness (QED) is 0.187. The Hall–Kier alpha value is -3.76. The van der Waals surface area contributed by atoms with Crippen molar-refractivity contribution in [2.45, 2.75) is 141 Å². The van der Waals surface area contributed by atoms with Crippen LogP contribution in [0, 0.1) is 17.8 Å². The Balaban J connectivity index is 1.49. The number of carbonyl (C=O) groups excluding carboxylic acids is 4. The summed E-state index contributed by atoms with van der Waals surface area (Å²) in [7, 11) is 5.04. The molecule has 3 saturated heterocycles. The van der Waals surface area contributed by atoms with Crippen LogP contribution in [0.3, 0.4) is 0 Å². The monoisotopic (exact) mass is 815 g/mol. The van der Waals surface area contributed by atoms with E-state index >= 15 is 4.39 Å². The molecule has 3 fully saturated rings. The standard InChI is InChI=1S/C43H62FN3O11/c1-12-32-43(8)35(47(40(52)58-43)20-15-21-54-31-18-19-45-29-17-14-13-16-28(29)31)26(4)33(48)24(2)23-41(6,53-11)37(27(5)36(50)42(7,44)39(51)56-32)57-38-34(49)30(46(9)10)22-25(3)55-38/h13-14,16-19,24-27,30,32,34-35,37-38,49H,12,15,20-23H2,1-11H3/t24-,25-,26+,27+,30+,32-,34-,35-,37-,38+,41+,42+,43-/m1/s1. The Morgan fingerprint density at radius 2 is 1.72 bits per heavy atom. The number of amides is 1. The van der Waals surface area contributed by atoms with Crippen LogP contribution in [0.25, 0.3) is 10.9 Å². The van der Waals surface area contributed by atoms with Crippen LogP contribution >= 0.6 is 0 Å². The molecule has 2 aromatic rings. The van der Waals surface area contributed by atoms with E-state index in [2.05, 4.69) is 4.98 Å². The Morgan fingerprint density at radius 3 is 2.38 bits per heavy atom. The number of benzene rings is 1. The first-order chi connectivity index (χ1) is 27.2. The molecule has 3 aliphatic heterocycles. The predicted octanol–water partition coefficient (Wildman–Crippen LogP) is 5.30. The number of aromatic nitrogens is 1. The number of para-hydroxylation sites is 1. The number of alkyl halides is 1. The smallest absolute Gasteiger partial charge is 0.410 e. The van der Waals surface area contributed by atoms with Crippen LogP contribution in [0.5, 0.6) is 5.75 Å². The van der Waals surface area contributed by atoms with Crippen LogP contribution < -0.4 is 4.74 Å². The summed E-state index contributed by atoms with van der Waals surface area (Å²) in [4.78, 5) is 64.3. The number of methoxy groups -OCH3 is 1. The van der Waals surface area contributed by atoms with Gasteiger partial charge in [0.25, 0.3) is 5.67 Å². The molecule has 322 valence electrons. The number of Topliss-reactive ketones (excluding diaryl/α,β-unsaturated/α-hetero) is 2. The van der Waals surface area contributed by atoms with Crippen LogP contribution in [0.2, 0.25) is 0 Å². The molecule has 58 heavy (non-hydrogen) atoms. The Bertz CT molecular complexity index is 1810. The van der Waals surface area contributed by atoms with Crippen molar-refractivity contribution < 1.29 is 57.1 Å². The maximum Gasteiger partial charge on any atom is 0.410 e. The number of fused-ring (bicyclic) bond motifs is 2. The summed E-state index contributed by atoms with van der Waals surface area (Å²) in [5, 5.41) is 12.2. The second kappa shape index (κ2) is 17.8. The molecule has 0 spiro atoms. The summed E-state index contributed by atoms with van der Waals surface area (Å²) < 4.78 is 53.5. The number of likely N-dealkylation sites (N-methyl/N-ethyl adjacent to an activating group) is 1. The van der Waals surface area contributed by atoms with E-state index < -0.39 is 83.1 Å². The molecule has 1 amide bonds. The number of ketones is 2. The Labute approximate surface area is 341 Å². The zero-order chi connectivity index (χ0) is 42.9. The number of aliphatic hydroxyl groups is 1. The number of esters is 1. The van der Waals surface area contributed by atoms with Crippen LogP contribution in [-0.2, 0) is 38.1 Å². The van der Waals surface area contributed by atoms with Gasteiger partial charge >= 0.3 is 12.1 Å². The van der Waals surface area contributed by atoms with Gasteiger partial charge in [0.1, 0.15) is 23.7 Å². The summed E-state index contributed by atoms with van der Waals surface area (Å²) in [5.74, 6) is -5.24. The van der Waals surface area contributed by atoms with E-state index in [0.717, 1.165) is 17.8 Å². The first-order valence-corrected chi connectivity index (χ1v) is 20.4. The minimum Gasteiger partial charge on any atom is -0.493 e. The molecule has 0 saturated carbocycles. The highest BCUT2D eigenvalue weighted by molar-refractivity contribution is 6.08. The highest BCUT2D eigenvalue weighted by Gasteiger charge is 2.61. The molecule has 0 aliphatic carbocycles. The van der Waals surface area contributed by atoms with Crippen LogP contribution in [-0.4, -0.2) is 138 Å². The van der Waals surface area contributed by atoms with Crippen LogP contribution in [0.4, 0.5) is 9.18 Å². The third-order valence-corrected chi connectivity index (χ3v) is 12.6. The zero-order valence-electron chi connectivity index (χ0n) is 35.7. The highest BCUT2D eigenvalue weighted by Crippen LogP contribution is 2.44. The fraction of sp³-hybridized carbons (Fsp3) is 0.698. The van der Waals surface area contributed by atoms with E-state index in [4.69, 9.17) is 28.4 Å². The van der Waals surface area contributed by atoms with Gasteiger partial charge in [0.05, 0.1) is 36.0 Å². The topological polar surface area (TPSA) is 163 Å². The number of ether oxygens (including phenoxy) is 6. The lowest BCUT2D eigenvalue weighted by molar-refractivity contribution is -0.295. The number of hydrogen-bond acceptors (Lipinski definition) is 13. The molecule has 0 unspecified atom stereocenters. The van der Waals surface area contributed by atoms with E-state index in [-0.39, 0.29) is 43.9 Å². The van der Waals surface area contributed by atoms with E-state index in [1.807, 2.05) is 50.2 Å². The second-order valence-corrected chi connectivity index (χ2v) is 17.1. The molecule has 3 aliphatic rings. The molecule has 4 heterocycles. The number of nitrogens with zero attached hydrogens (tertiary/aromatic N) is 3. The fourth-order valence-corrected chi connectivity index (χ4v) is 9.33. The molecule has 0 bridgehead atoms. The van der Waals surface area contributed by atoms with Gasteiger partial charge in [0.2, 0.25) is 0 Å². The van der Waals surface area contributed by atoms with Gasteiger partial charge in [-0.05, 0) is 85.7 Å². The fourth-order valence-electron chi connectivity index (χ4n) is 9.33. The van der Waals surface area contributed by atoms with Gasteiger partial charge in [0.15, 0.2) is 17.7 Å². The molecule has 13 atom stereocenters. The van der Waals surface area contributed by atoms with Crippen molar-refractivity contribution in [1.29, 1.82) is 0 Å². The van der Waals surface area contributed by atoms with Crippen LogP contribution in [0.15, 0.2) is 36.5 Å². The normalized spacial score (nSPS) is 38.0. The first kappa shape index (κ1) is 45.3. The van der Waals surface area contributed by atoms with Crippen molar-refractivity contribution in [3.05, 3.63) is 36.5 Å². The summed E-state index contributed by atoms with van der Waals surface area (Å²) in [6, 6.07) is 8.01. The van der Waals surface area contributed by atoms with Gasteiger partial charge in [-0.15, -0.1) is 0 Å². The summed E-state index contributed by atoms with van der Waals surface area (Å²) in [6.45, 7) is 12.8. The van der Waals surface area contributed by atoms with Crippen LogP contribution in [0.1, 0.15) is 81.1 Å². The molecule has 1 aromatic heterocycles. The van der Waals surface area contributed by atoms with Gasteiger partial charge in [-0.3, -0.25) is 14.6 Å². The second-order valence-electron chi connectivity index (χ2n) is 17.1. The molecule has 14 nitrogen and oxygen atoms in total. The molecule has 15 heteroatoms. The van der Waals surface area contributed by atoms with Crippen molar-refractivity contribution in [1.82, 2.24) is 14.8 Å². The van der Waals surface area contributed by atoms with Gasteiger partial charge < -0.3 is 43.3 Å². The van der Waals surface area contributed by atoms with E-state index in [9.17, 15) is 24.3 Å². The number of rotatable bonds is 10. The molecule has 0 radical (unpaired) electrons. The van der Waals surface area contributed by atoms with Crippen molar-refractivity contribution in [3.63, 3.8) is 0 Å². The molecular formula is C43H62FN3O11. The maximum atomic E-state index is 16.9. The SMILES string of the molecule is CC[C@H]1OC(=O)[C@@](C)(F)C(=O)[C@H](C)[C@@H](O[C@@H]2O[C@H](C)C[C@H](N(C)C)[C@H]2O)[C@@](C)(OC)C[C@@H](C)C(=O)[C@H](C)[C@H]2N(CCCOc3ccnc4ccccc34)C(=O)O[C@]12C. The van der Waals surface area contributed by atoms with E-state index in [1.54, 1.807) is 46.9 Å². The Kier molecular flexibility index (Phi) is 13.9. The minimum absolute atomic E-state index is 0.0128. The number of hydrogen-bond donors (Lipinski definition) is 1. The van der Waals surface area contributed by atoms with Crippen molar-refractivity contribution in [3.8, 4) is 5.75 Å². The molecule has 5 rings (SSSR count). The molecule has 1 aromatic carbocycles. The van der Waals surface area contributed by atoms with Gasteiger partial charge in [-0.1, -0.05) is 39.8 Å². The highest BCUT2D eigenvalue weighted by atomic mass is 19.1. The summed E-state index contributed by atoms with van der Waals surface area (Å²) in [6.07, 6.45) is -3.47. The molecule has 1 N–H and O–H groups in total. The average molecular weight is 816 g/mol. The first-order valence-electron chi connectivity index (χ1n) is 20.4. The third kappa shape index (κ3) is 8.74. The number of carbonyl (C=O) groups is 4. The van der Waals surface area contributed by atoms with Gasteiger partial charge in [0, 0.05) is 49.0 Å². The van der Waals surface area contributed by atoms with Crippen molar-refractivity contribution >= 4 is 34.5 Å². The minimum atomic E-state index is -3.19. The van der Waals surface area contributed by atoms with Crippen molar-refractivity contribution in [2.75, 3.05) is 34.4 Å². The third-order valence-electron chi connectivity index (χ3n) is 12.6. The summed E-state index contributed by atoms with van der Waals surface area (Å²) in [5.41, 5.74) is -5.49. The maximum absolute atomic E-state index is 16.9. The van der Waals surface area contributed by atoms with Crippen molar-refractivity contribution in [2.24, 2.45) is 17.8 Å². The number of cyclic esters (lactones) is 1. The lowest BCUT2D eigenvalue weighted by atomic mass is 9.73. The Morgan fingerprint density at radius 1 is 1.03 bits per heavy atom. The van der Waals surface area contributed by atoms with Gasteiger partial charge in [-0.2, -0.15) is 0 Å². The van der Waals surface area contributed by atoms with E-state index in [1.165, 1.54) is 18.9 Å². The molecular weight excluding hydrogens is 753 g/mol. The number of halogens is 1. The lowest BCUT2D eigenvalue weighted by Gasteiger charge is -2.47. The number of aliphatic hydroxyl groups excluding tert-OH is 1. The number of pyridine rings is 1. The zero-order valence-corrected chi connectivity index (χ0v) is 35.7. The largest absolute Gasteiger partial charge is 0.493 e.